The summed E-state index contributed by atoms with van der Waals surface area (Å²) in [4.78, 5) is 11.3. The van der Waals surface area contributed by atoms with E-state index >= 15 is 0 Å². The standard InChI is InChI=1S/C10H19NO4/c1-8(7-14-2)11-10(9(12)13)3-5-15-6-4-10/h8,11H,3-7H2,1-2H3,(H,12,13). The van der Waals surface area contributed by atoms with Gasteiger partial charge in [0.05, 0.1) is 6.61 Å². The van der Waals surface area contributed by atoms with Crippen LogP contribution < -0.4 is 5.32 Å². The zero-order chi connectivity index (χ0) is 11.3. The lowest BCUT2D eigenvalue weighted by Gasteiger charge is -2.36. The summed E-state index contributed by atoms with van der Waals surface area (Å²) in [5.41, 5.74) is -0.837. The lowest BCUT2D eigenvalue weighted by atomic mass is 9.89. The van der Waals surface area contributed by atoms with Crippen LogP contribution in [0.15, 0.2) is 0 Å². The van der Waals surface area contributed by atoms with E-state index in [1.165, 1.54) is 0 Å². The second-order valence-corrected chi connectivity index (χ2v) is 4.00. The van der Waals surface area contributed by atoms with E-state index in [0.717, 1.165) is 0 Å². The smallest absolute Gasteiger partial charge is 0.324 e. The SMILES string of the molecule is COCC(C)NC1(C(=O)O)CCOCC1. The average Bonchev–Trinajstić information content (AvgIpc) is 2.19. The highest BCUT2D eigenvalue weighted by atomic mass is 16.5. The molecule has 88 valence electrons. The minimum Gasteiger partial charge on any atom is -0.480 e. The number of carboxylic acid groups (broad SMARTS) is 1. The van der Waals surface area contributed by atoms with E-state index in [0.29, 0.717) is 32.7 Å². The molecule has 1 heterocycles. The molecule has 0 bridgehead atoms. The number of nitrogens with one attached hydrogen (secondary N) is 1. The van der Waals surface area contributed by atoms with Gasteiger partial charge in [0.25, 0.3) is 0 Å². The second-order valence-electron chi connectivity index (χ2n) is 4.00. The average molecular weight is 217 g/mol. The summed E-state index contributed by atoms with van der Waals surface area (Å²) in [7, 11) is 1.61. The van der Waals surface area contributed by atoms with Crippen molar-refractivity contribution in [3.63, 3.8) is 0 Å². The molecule has 0 radical (unpaired) electrons. The van der Waals surface area contributed by atoms with Crippen LogP contribution in [0, 0.1) is 0 Å². The quantitative estimate of drug-likeness (QED) is 0.690. The molecule has 0 spiro atoms. The van der Waals surface area contributed by atoms with Crippen molar-refractivity contribution < 1.29 is 19.4 Å². The molecule has 1 aliphatic heterocycles. The molecule has 5 heteroatoms. The molecule has 1 unspecified atom stereocenters. The van der Waals surface area contributed by atoms with Gasteiger partial charge in [0.1, 0.15) is 5.54 Å². The molecule has 0 aromatic carbocycles. The van der Waals surface area contributed by atoms with E-state index in [4.69, 9.17) is 9.47 Å². The van der Waals surface area contributed by atoms with Crippen LogP contribution in [0.5, 0.6) is 0 Å². The summed E-state index contributed by atoms with van der Waals surface area (Å²) in [6.07, 6.45) is 1.02. The van der Waals surface area contributed by atoms with Crippen LogP contribution in [-0.2, 0) is 14.3 Å². The van der Waals surface area contributed by atoms with Crippen molar-refractivity contribution in [3.05, 3.63) is 0 Å². The van der Waals surface area contributed by atoms with Crippen molar-refractivity contribution in [2.75, 3.05) is 26.9 Å². The number of rotatable bonds is 5. The summed E-state index contributed by atoms with van der Waals surface area (Å²) in [5, 5.41) is 12.4. The highest BCUT2D eigenvalue weighted by Gasteiger charge is 2.40. The Hall–Kier alpha value is -0.650. The summed E-state index contributed by atoms with van der Waals surface area (Å²) in [6.45, 7) is 3.43. The molecule has 1 aliphatic rings. The zero-order valence-corrected chi connectivity index (χ0v) is 9.28. The van der Waals surface area contributed by atoms with Crippen molar-refractivity contribution in [2.45, 2.75) is 31.3 Å². The lowest BCUT2D eigenvalue weighted by Crippen LogP contribution is -2.58. The van der Waals surface area contributed by atoms with Crippen LogP contribution in [0.4, 0.5) is 0 Å². The van der Waals surface area contributed by atoms with E-state index in [1.54, 1.807) is 7.11 Å². The van der Waals surface area contributed by atoms with Crippen molar-refractivity contribution in [3.8, 4) is 0 Å². The zero-order valence-electron chi connectivity index (χ0n) is 9.28. The minimum absolute atomic E-state index is 0.0317. The maximum absolute atomic E-state index is 11.3. The molecule has 2 N–H and O–H groups in total. The Morgan fingerprint density at radius 3 is 2.67 bits per heavy atom. The Labute approximate surface area is 89.8 Å². The van der Waals surface area contributed by atoms with Crippen molar-refractivity contribution >= 4 is 5.97 Å². The maximum Gasteiger partial charge on any atom is 0.324 e. The summed E-state index contributed by atoms with van der Waals surface area (Å²) >= 11 is 0. The monoisotopic (exact) mass is 217 g/mol. The van der Waals surface area contributed by atoms with Gasteiger partial charge in [-0.25, -0.2) is 0 Å². The minimum atomic E-state index is -0.837. The van der Waals surface area contributed by atoms with Gasteiger partial charge in [0, 0.05) is 26.4 Å². The number of carbonyl (C=O) groups is 1. The number of carboxylic acids is 1. The third-order valence-electron chi connectivity index (χ3n) is 2.70. The summed E-state index contributed by atoms with van der Waals surface area (Å²) in [6, 6.07) is 0.0317. The van der Waals surface area contributed by atoms with Gasteiger partial charge in [0.15, 0.2) is 0 Å². The molecule has 1 fully saturated rings. The van der Waals surface area contributed by atoms with Gasteiger partial charge in [-0.15, -0.1) is 0 Å². The molecule has 15 heavy (non-hydrogen) atoms. The van der Waals surface area contributed by atoms with Gasteiger partial charge in [0.2, 0.25) is 0 Å². The fraction of sp³-hybridized carbons (Fsp3) is 0.900. The van der Waals surface area contributed by atoms with Gasteiger partial charge in [-0.2, -0.15) is 0 Å². The number of aliphatic carboxylic acids is 1. The molecule has 0 amide bonds. The van der Waals surface area contributed by atoms with E-state index < -0.39 is 11.5 Å². The second kappa shape index (κ2) is 5.44. The molecule has 1 rings (SSSR count). The van der Waals surface area contributed by atoms with Crippen LogP contribution >= 0.6 is 0 Å². The van der Waals surface area contributed by atoms with Crippen LogP contribution in [0.2, 0.25) is 0 Å². The lowest BCUT2D eigenvalue weighted by molar-refractivity contribution is -0.149. The number of ether oxygens (including phenoxy) is 2. The van der Waals surface area contributed by atoms with E-state index in [2.05, 4.69) is 5.32 Å². The maximum atomic E-state index is 11.3. The fourth-order valence-electron chi connectivity index (χ4n) is 1.90. The number of hydrogen-bond acceptors (Lipinski definition) is 4. The van der Waals surface area contributed by atoms with Crippen LogP contribution in [0.1, 0.15) is 19.8 Å². The van der Waals surface area contributed by atoms with Gasteiger partial charge in [-0.05, 0) is 19.8 Å². The summed E-state index contributed by atoms with van der Waals surface area (Å²) in [5.74, 6) is -0.797. The number of methoxy groups -OCH3 is 1. The molecule has 0 aliphatic carbocycles. The molecule has 0 saturated carbocycles. The molecule has 1 atom stereocenters. The molecule has 0 aromatic rings. The van der Waals surface area contributed by atoms with Crippen molar-refractivity contribution in [1.82, 2.24) is 5.32 Å². The van der Waals surface area contributed by atoms with Gasteiger partial charge >= 0.3 is 5.97 Å². The first-order valence-electron chi connectivity index (χ1n) is 5.18. The third-order valence-corrected chi connectivity index (χ3v) is 2.70. The first-order chi connectivity index (χ1) is 7.10. The van der Waals surface area contributed by atoms with Gasteiger partial charge in [-0.3, -0.25) is 10.1 Å². The molecular weight excluding hydrogens is 198 g/mol. The third kappa shape index (κ3) is 3.15. The molecule has 5 nitrogen and oxygen atoms in total. The number of hydrogen-bond donors (Lipinski definition) is 2. The Morgan fingerprint density at radius 1 is 1.60 bits per heavy atom. The fourth-order valence-corrected chi connectivity index (χ4v) is 1.90. The van der Waals surface area contributed by atoms with Crippen molar-refractivity contribution in [1.29, 1.82) is 0 Å². The van der Waals surface area contributed by atoms with Crippen molar-refractivity contribution in [2.24, 2.45) is 0 Å². The first kappa shape index (κ1) is 12.4. The Balaban J connectivity index is 2.60. The van der Waals surface area contributed by atoms with Gasteiger partial charge < -0.3 is 14.6 Å². The molecule has 0 aromatic heterocycles. The largest absolute Gasteiger partial charge is 0.480 e. The highest BCUT2D eigenvalue weighted by Crippen LogP contribution is 2.21. The summed E-state index contributed by atoms with van der Waals surface area (Å²) < 4.78 is 10.2. The van der Waals surface area contributed by atoms with Crippen LogP contribution in [-0.4, -0.2) is 49.6 Å². The first-order valence-corrected chi connectivity index (χ1v) is 5.18. The van der Waals surface area contributed by atoms with Gasteiger partial charge in [-0.1, -0.05) is 0 Å². The Bertz CT molecular complexity index is 213. The van der Waals surface area contributed by atoms with E-state index in [9.17, 15) is 9.90 Å². The Morgan fingerprint density at radius 2 is 2.20 bits per heavy atom. The van der Waals surface area contributed by atoms with E-state index in [-0.39, 0.29) is 6.04 Å². The normalized spacial score (nSPS) is 22.3. The Kier molecular flexibility index (Phi) is 4.50. The van der Waals surface area contributed by atoms with Crippen LogP contribution in [0.3, 0.4) is 0 Å². The van der Waals surface area contributed by atoms with E-state index in [1.807, 2.05) is 6.92 Å². The van der Waals surface area contributed by atoms with Crippen LogP contribution in [0.25, 0.3) is 0 Å². The predicted octanol–water partition coefficient (Wildman–Crippen LogP) is 0.245. The highest BCUT2D eigenvalue weighted by molar-refractivity contribution is 5.79. The predicted molar refractivity (Wildman–Crippen MR) is 54.9 cm³/mol. The molecular formula is C10H19NO4. The topological polar surface area (TPSA) is 67.8 Å². The molecule has 1 saturated heterocycles.